The maximum absolute atomic E-state index is 12.5. The van der Waals surface area contributed by atoms with E-state index in [1.54, 1.807) is 18.9 Å². The molecule has 0 amide bonds. The highest BCUT2D eigenvalue weighted by molar-refractivity contribution is 8.01. The number of ether oxygens (including phenoxy) is 1. The molecule has 1 atom stereocenters. The maximum atomic E-state index is 12.5. The van der Waals surface area contributed by atoms with E-state index in [9.17, 15) is 4.79 Å². The minimum atomic E-state index is -0.236. The lowest BCUT2D eigenvalue weighted by Crippen LogP contribution is -2.28. The van der Waals surface area contributed by atoms with Crippen LogP contribution in [-0.2, 0) is 0 Å². The number of Topliss-reactive ketones (excluding diaryl/α,β-unsaturated/α-hetero) is 1. The lowest BCUT2D eigenvalue weighted by Gasteiger charge is -2.21. The average Bonchev–Trinajstić information content (AvgIpc) is 2.77. The molecule has 0 aliphatic carbocycles. The van der Waals surface area contributed by atoms with Crippen LogP contribution in [0.15, 0.2) is 18.2 Å². The third kappa shape index (κ3) is 2.34. The Labute approximate surface area is 107 Å². The third-order valence-corrected chi connectivity index (χ3v) is 4.89. The van der Waals surface area contributed by atoms with Gasteiger partial charge >= 0.3 is 0 Å². The number of rotatable bonds is 3. The fourth-order valence-corrected chi connectivity index (χ4v) is 3.50. The molecule has 0 N–H and O–H groups in total. The van der Waals surface area contributed by atoms with Gasteiger partial charge in [0.2, 0.25) is 0 Å². The van der Waals surface area contributed by atoms with Gasteiger partial charge in [0.05, 0.1) is 11.9 Å². The molecule has 0 spiro atoms. The Kier molecular flexibility index (Phi) is 3.48. The molecule has 1 unspecified atom stereocenters. The third-order valence-electron chi connectivity index (χ3n) is 3.37. The van der Waals surface area contributed by atoms with Gasteiger partial charge in [0, 0.05) is 5.56 Å². The molecule has 2 rings (SSSR count). The highest BCUT2D eigenvalue weighted by Gasteiger charge is 2.37. The minimum Gasteiger partial charge on any atom is -0.496 e. The van der Waals surface area contributed by atoms with E-state index < -0.39 is 0 Å². The molecule has 0 radical (unpaired) electrons. The number of aryl methyl sites for hydroxylation is 1. The first-order valence-electron chi connectivity index (χ1n) is 5.90. The molecule has 92 valence electrons. The van der Waals surface area contributed by atoms with E-state index in [0.717, 1.165) is 35.5 Å². The first-order chi connectivity index (χ1) is 8.07. The van der Waals surface area contributed by atoms with Gasteiger partial charge in [-0.25, -0.2) is 0 Å². The molecule has 1 aromatic carbocycles. The normalized spacial score (nSPS) is 23.7. The Hall–Kier alpha value is -0.960. The smallest absolute Gasteiger partial charge is 0.178 e. The van der Waals surface area contributed by atoms with Crippen molar-refractivity contribution in [2.45, 2.75) is 31.4 Å². The Morgan fingerprint density at radius 3 is 2.82 bits per heavy atom. The Balaban J connectivity index is 2.31. The minimum absolute atomic E-state index is 0.235. The first kappa shape index (κ1) is 12.5. The van der Waals surface area contributed by atoms with Crippen LogP contribution in [0.4, 0.5) is 0 Å². The van der Waals surface area contributed by atoms with Gasteiger partial charge < -0.3 is 4.74 Å². The molecule has 0 saturated carbocycles. The highest BCUT2D eigenvalue weighted by Crippen LogP contribution is 2.40. The van der Waals surface area contributed by atoms with Crippen LogP contribution >= 0.6 is 11.8 Å². The summed E-state index contributed by atoms with van der Waals surface area (Å²) >= 11 is 1.77. The Morgan fingerprint density at radius 2 is 2.24 bits per heavy atom. The molecule has 1 aliphatic heterocycles. The van der Waals surface area contributed by atoms with Gasteiger partial charge in [0.1, 0.15) is 5.75 Å². The Morgan fingerprint density at radius 1 is 1.47 bits per heavy atom. The summed E-state index contributed by atoms with van der Waals surface area (Å²) in [5.74, 6) is 2.12. The molecule has 0 aromatic heterocycles. The SMILES string of the molecule is COc1cc(C(=O)C2(C)CCCS2)ccc1C. The van der Waals surface area contributed by atoms with Gasteiger partial charge in [-0.05, 0) is 44.1 Å². The Bertz CT molecular complexity index is 434. The van der Waals surface area contributed by atoms with Crippen molar-refractivity contribution in [3.63, 3.8) is 0 Å². The van der Waals surface area contributed by atoms with Crippen LogP contribution in [0.3, 0.4) is 0 Å². The summed E-state index contributed by atoms with van der Waals surface area (Å²) in [5, 5.41) is 0. The van der Waals surface area contributed by atoms with E-state index in [4.69, 9.17) is 4.74 Å². The van der Waals surface area contributed by atoms with Crippen LogP contribution in [0, 0.1) is 6.92 Å². The van der Waals surface area contributed by atoms with Crippen molar-refractivity contribution in [3.8, 4) is 5.75 Å². The van der Waals surface area contributed by atoms with Crippen molar-refractivity contribution >= 4 is 17.5 Å². The number of carbonyl (C=O) groups is 1. The predicted molar refractivity (Wildman–Crippen MR) is 72.2 cm³/mol. The molecule has 0 bridgehead atoms. The molecule has 1 heterocycles. The fourth-order valence-electron chi connectivity index (χ4n) is 2.22. The van der Waals surface area contributed by atoms with E-state index in [1.165, 1.54) is 0 Å². The second kappa shape index (κ2) is 4.73. The summed E-state index contributed by atoms with van der Waals surface area (Å²) in [6, 6.07) is 5.72. The van der Waals surface area contributed by atoms with Crippen LogP contribution in [-0.4, -0.2) is 23.4 Å². The molecule has 2 nitrogen and oxygen atoms in total. The van der Waals surface area contributed by atoms with Crippen LogP contribution in [0.2, 0.25) is 0 Å². The van der Waals surface area contributed by atoms with Gasteiger partial charge in [-0.2, -0.15) is 0 Å². The number of carbonyl (C=O) groups excluding carboxylic acids is 1. The van der Waals surface area contributed by atoms with E-state index in [2.05, 4.69) is 6.92 Å². The molecule has 1 aromatic rings. The number of hydrogen-bond acceptors (Lipinski definition) is 3. The molecule has 1 fully saturated rings. The summed E-state index contributed by atoms with van der Waals surface area (Å²) in [7, 11) is 1.64. The fraction of sp³-hybridized carbons (Fsp3) is 0.500. The standard InChI is InChI=1S/C14H18O2S/c1-10-5-6-11(9-12(10)16-3)13(15)14(2)7-4-8-17-14/h5-6,9H,4,7-8H2,1-3H3. The predicted octanol–water partition coefficient (Wildman–Crippen LogP) is 3.47. The monoisotopic (exact) mass is 250 g/mol. The zero-order valence-corrected chi connectivity index (χ0v) is 11.4. The van der Waals surface area contributed by atoms with E-state index in [1.807, 2.05) is 25.1 Å². The lowest BCUT2D eigenvalue weighted by atomic mass is 9.94. The van der Waals surface area contributed by atoms with Gasteiger partial charge in [0.25, 0.3) is 0 Å². The van der Waals surface area contributed by atoms with Gasteiger partial charge in [-0.3, -0.25) is 4.79 Å². The second-order valence-electron chi connectivity index (χ2n) is 4.70. The zero-order valence-electron chi connectivity index (χ0n) is 10.6. The molecule has 1 aliphatic rings. The van der Waals surface area contributed by atoms with Crippen LogP contribution < -0.4 is 4.74 Å². The van der Waals surface area contributed by atoms with Crippen molar-refractivity contribution in [2.24, 2.45) is 0 Å². The van der Waals surface area contributed by atoms with Gasteiger partial charge in [-0.15, -0.1) is 11.8 Å². The summed E-state index contributed by atoms with van der Waals surface area (Å²) in [5.41, 5.74) is 1.83. The number of ketones is 1. The molecule has 17 heavy (non-hydrogen) atoms. The molecular formula is C14H18O2S. The van der Waals surface area contributed by atoms with Gasteiger partial charge in [0.15, 0.2) is 5.78 Å². The number of methoxy groups -OCH3 is 1. The molecule has 3 heteroatoms. The summed E-state index contributed by atoms with van der Waals surface area (Å²) in [6.45, 7) is 4.04. The average molecular weight is 250 g/mol. The van der Waals surface area contributed by atoms with Crippen molar-refractivity contribution in [1.29, 1.82) is 0 Å². The van der Waals surface area contributed by atoms with Crippen LogP contribution in [0.5, 0.6) is 5.75 Å². The lowest BCUT2D eigenvalue weighted by molar-refractivity contribution is 0.0948. The topological polar surface area (TPSA) is 26.3 Å². The molecular weight excluding hydrogens is 232 g/mol. The van der Waals surface area contributed by atoms with E-state index in [-0.39, 0.29) is 10.5 Å². The van der Waals surface area contributed by atoms with Gasteiger partial charge in [-0.1, -0.05) is 12.1 Å². The number of benzene rings is 1. The van der Waals surface area contributed by atoms with Crippen LogP contribution in [0.25, 0.3) is 0 Å². The zero-order chi connectivity index (χ0) is 12.5. The molecule has 1 saturated heterocycles. The summed E-state index contributed by atoms with van der Waals surface area (Å²) in [6.07, 6.45) is 2.11. The van der Waals surface area contributed by atoms with Crippen molar-refractivity contribution in [1.82, 2.24) is 0 Å². The number of thioether (sulfide) groups is 1. The van der Waals surface area contributed by atoms with Crippen molar-refractivity contribution < 1.29 is 9.53 Å². The van der Waals surface area contributed by atoms with Crippen LogP contribution in [0.1, 0.15) is 35.7 Å². The van der Waals surface area contributed by atoms with Crippen molar-refractivity contribution in [2.75, 3.05) is 12.9 Å². The quantitative estimate of drug-likeness (QED) is 0.768. The van der Waals surface area contributed by atoms with E-state index in [0.29, 0.717) is 0 Å². The summed E-state index contributed by atoms with van der Waals surface area (Å²) < 4.78 is 5.04. The number of hydrogen-bond donors (Lipinski definition) is 0. The first-order valence-corrected chi connectivity index (χ1v) is 6.89. The summed E-state index contributed by atoms with van der Waals surface area (Å²) in [4.78, 5) is 12.5. The maximum Gasteiger partial charge on any atom is 0.178 e. The van der Waals surface area contributed by atoms with Crippen molar-refractivity contribution in [3.05, 3.63) is 29.3 Å². The highest BCUT2D eigenvalue weighted by atomic mass is 32.2. The van der Waals surface area contributed by atoms with E-state index >= 15 is 0 Å². The largest absolute Gasteiger partial charge is 0.496 e. The second-order valence-corrected chi connectivity index (χ2v) is 6.29.